The van der Waals surface area contributed by atoms with Crippen LogP contribution in [0.2, 0.25) is 0 Å². The summed E-state index contributed by atoms with van der Waals surface area (Å²) in [5.41, 5.74) is 3.34. The topological polar surface area (TPSA) is 49.4 Å². The van der Waals surface area contributed by atoms with Crippen LogP contribution in [0.5, 0.6) is 0 Å². The standard InChI is InChI=1S/C26H30N2O2/c1-4-27-26(30)20(3)28(18-23-12-6-5-10-19(23)2)25(29)17-16-22-14-9-13-21-11-7-8-15-24(21)22/h5-15,20H,4,16-18H2,1-3H3,(H,27,30). The molecule has 0 radical (unpaired) electrons. The number of likely N-dealkylation sites (N-methyl/N-ethyl adjacent to an activating group) is 1. The van der Waals surface area contributed by atoms with Crippen LogP contribution in [0.3, 0.4) is 0 Å². The minimum atomic E-state index is -0.524. The third kappa shape index (κ3) is 5.07. The summed E-state index contributed by atoms with van der Waals surface area (Å²) in [6, 6.07) is 21.9. The molecule has 3 aromatic carbocycles. The van der Waals surface area contributed by atoms with Gasteiger partial charge in [-0.25, -0.2) is 0 Å². The summed E-state index contributed by atoms with van der Waals surface area (Å²) in [5, 5.41) is 5.20. The van der Waals surface area contributed by atoms with Crippen LogP contribution < -0.4 is 5.32 Å². The highest BCUT2D eigenvalue weighted by Gasteiger charge is 2.26. The average molecular weight is 403 g/mol. The van der Waals surface area contributed by atoms with E-state index >= 15 is 0 Å². The number of fused-ring (bicyclic) bond motifs is 1. The van der Waals surface area contributed by atoms with Gasteiger partial charge in [-0.05, 0) is 54.7 Å². The first-order valence-corrected chi connectivity index (χ1v) is 10.6. The second-order valence-electron chi connectivity index (χ2n) is 7.66. The molecule has 0 saturated heterocycles. The lowest BCUT2D eigenvalue weighted by molar-refractivity contribution is -0.140. The number of nitrogens with one attached hydrogen (secondary N) is 1. The van der Waals surface area contributed by atoms with Crippen molar-refractivity contribution in [3.8, 4) is 0 Å². The molecule has 3 rings (SSSR count). The fraction of sp³-hybridized carbons (Fsp3) is 0.308. The van der Waals surface area contributed by atoms with E-state index in [-0.39, 0.29) is 11.8 Å². The van der Waals surface area contributed by atoms with Gasteiger partial charge in [0.1, 0.15) is 6.04 Å². The Morgan fingerprint density at radius 3 is 2.37 bits per heavy atom. The van der Waals surface area contributed by atoms with Gasteiger partial charge in [0.15, 0.2) is 0 Å². The molecule has 2 amide bonds. The maximum Gasteiger partial charge on any atom is 0.242 e. The number of benzene rings is 3. The molecule has 0 heterocycles. The Kier molecular flexibility index (Phi) is 7.23. The quantitative estimate of drug-likeness (QED) is 0.597. The van der Waals surface area contributed by atoms with E-state index in [1.807, 2.05) is 56.3 Å². The SMILES string of the molecule is CCNC(=O)C(C)N(Cc1ccccc1C)C(=O)CCc1cccc2ccccc12. The van der Waals surface area contributed by atoms with E-state index in [0.29, 0.717) is 25.9 Å². The molecule has 0 spiro atoms. The molecule has 1 atom stereocenters. The molecule has 0 aliphatic rings. The van der Waals surface area contributed by atoms with E-state index in [1.165, 1.54) is 10.8 Å². The zero-order chi connectivity index (χ0) is 21.5. The van der Waals surface area contributed by atoms with Gasteiger partial charge in [-0.2, -0.15) is 0 Å². The zero-order valence-electron chi connectivity index (χ0n) is 18.0. The number of carbonyl (C=O) groups is 2. The molecular formula is C26H30N2O2. The molecule has 0 aromatic heterocycles. The van der Waals surface area contributed by atoms with E-state index in [4.69, 9.17) is 0 Å². The fourth-order valence-electron chi connectivity index (χ4n) is 3.77. The summed E-state index contributed by atoms with van der Waals surface area (Å²) in [6.07, 6.45) is 1.01. The predicted octanol–water partition coefficient (Wildman–Crippen LogP) is 4.63. The first-order chi connectivity index (χ1) is 14.5. The molecular weight excluding hydrogens is 372 g/mol. The number of rotatable bonds is 8. The molecule has 156 valence electrons. The molecule has 30 heavy (non-hydrogen) atoms. The molecule has 4 nitrogen and oxygen atoms in total. The van der Waals surface area contributed by atoms with Crippen molar-refractivity contribution in [1.29, 1.82) is 0 Å². The summed E-state index contributed by atoms with van der Waals surface area (Å²) in [7, 11) is 0. The van der Waals surface area contributed by atoms with Crippen molar-refractivity contribution in [3.63, 3.8) is 0 Å². The monoisotopic (exact) mass is 402 g/mol. The lowest BCUT2D eigenvalue weighted by Crippen LogP contribution is -2.47. The van der Waals surface area contributed by atoms with Crippen molar-refractivity contribution in [2.45, 2.75) is 46.2 Å². The minimum absolute atomic E-state index is 0.00931. The second kappa shape index (κ2) is 10.1. The Bertz CT molecular complexity index is 1020. The van der Waals surface area contributed by atoms with Crippen LogP contribution >= 0.6 is 0 Å². The number of carbonyl (C=O) groups excluding carboxylic acids is 2. The normalized spacial score (nSPS) is 11.8. The third-order valence-electron chi connectivity index (χ3n) is 5.61. The fourth-order valence-corrected chi connectivity index (χ4v) is 3.77. The molecule has 4 heteroatoms. The number of amides is 2. The highest BCUT2D eigenvalue weighted by molar-refractivity contribution is 5.88. The molecule has 0 bridgehead atoms. The van der Waals surface area contributed by atoms with Gasteiger partial charge in [0.25, 0.3) is 0 Å². The summed E-state index contributed by atoms with van der Waals surface area (Å²) in [6.45, 7) is 6.70. The predicted molar refractivity (Wildman–Crippen MR) is 122 cm³/mol. The van der Waals surface area contributed by atoms with E-state index < -0.39 is 6.04 Å². The van der Waals surface area contributed by atoms with Gasteiger partial charge in [0.2, 0.25) is 11.8 Å². The van der Waals surface area contributed by atoms with Crippen LogP contribution in [0.15, 0.2) is 66.7 Å². The smallest absolute Gasteiger partial charge is 0.242 e. The summed E-state index contributed by atoms with van der Waals surface area (Å²) in [4.78, 5) is 27.5. The van der Waals surface area contributed by atoms with E-state index in [9.17, 15) is 9.59 Å². The van der Waals surface area contributed by atoms with Crippen LogP contribution in [0.25, 0.3) is 10.8 Å². The van der Waals surface area contributed by atoms with E-state index in [1.54, 1.807) is 11.8 Å². The van der Waals surface area contributed by atoms with Gasteiger partial charge in [0.05, 0.1) is 0 Å². The second-order valence-corrected chi connectivity index (χ2v) is 7.66. The lowest BCUT2D eigenvalue weighted by atomic mass is 10.00. The van der Waals surface area contributed by atoms with Crippen LogP contribution in [-0.2, 0) is 22.6 Å². The highest BCUT2D eigenvalue weighted by atomic mass is 16.2. The van der Waals surface area contributed by atoms with Crippen molar-refractivity contribution < 1.29 is 9.59 Å². The van der Waals surface area contributed by atoms with Crippen LogP contribution in [0.1, 0.15) is 37.0 Å². The van der Waals surface area contributed by atoms with Crippen LogP contribution in [0, 0.1) is 6.92 Å². The molecule has 0 aliphatic heterocycles. The van der Waals surface area contributed by atoms with Crippen molar-refractivity contribution in [2.75, 3.05) is 6.54 Å². The van der Waals surface area contributed by atoms with Gasteiger partial charge in [0, 0.05) is 19.5 Å². The third-order valence-corrected chi connectivity index (χ3v) is 5.61. The van der Waals surface area contributed by atoms with Crippen molar-refractivity contribution in [3.05, 3.63) is 83.4 Å². The van der Waals surface area contributed by atoms with E-state index in [0.717, 1.165) is 16.7 Å². The summed E-state index contributed by atoms with van der Waals surface area (Å²) >= 11 is 0. The Morgan fingerprint density at radius 2 is 1.60 bits per heavy atom. The maximum absolute atomic E-state index is 13.3. The highest BCUT2D eigenvalue weighted by Crippen LogP contribution is 2.21. The van der Waals surface area contributed by atoms with Gasteiger partial charge < -0.3 is 10.2 Å². The molecule has 0 aliphatic carbocycles. The van der Waals surface area contributed by atoms with Crippen LogP contribution in [0.4, 0.5) is 0 Å². The molecule has 1 unspecified atom stereocenters. The molecule has 0 fully saturated rings. The molecule has 0 saturated carbocycles. The van der Waals surface area contributed by atoms with Gasteiger partial charge in [-0.1, -0.05) is 66.7 Å². The van der Waals surface area contributed by atoms with E-state index in [2.05, 4.69) is 29.6 Å². The summed E-state index contributed by atoms with van der Waals surface area (Å²) in [5.74, 6) is -0.130. The zero-order valence-corrected chi connectivity index (χ0v) is 18.0. The number of hydrogen-bond acceptors (Lipinski definition) is 2. The van der Waals surface area contributed by atoms with Crippen molar-refractivity contribution >= 4 is 22.6 Å². The summed E-state index contributed by atoms with van der Waals surface area (Å²) < 4.78 is 0. The van der Waals surface area contributed by atoms with Gasteiger partial charge >= 0.3 is 0 Å². The Balaban J connectivity index is 1.80. The lowest BCUT2D eigenvalue weighted by Gasteiger charge is -2.29. The van der Waals surface area contributed by atoms with Gasteiger partial charge in [-0.3, -0.25) is 9.59 Å². The Labute approximate surface area is 178 Å². The van der Waals surface area contributed by atoms with Crippen molar-refractivity contribution in [1.82, 2.24) is 10.2 Å². The largest absolute Gasteiger partial charge is 0.355 e. The Morgan fingerprint density at radius 1 is 0.933 bits per heavy atom. The minimum Gasteiger partial charge on any atom is -0.355 e. The Hall–Kier alpha value is -3.14. The number of hydrogen-bond donors (Lipinski definition) is 1. The number of aryl methyl sites for hydroxylation is 2. The molecule has 3 aromatic rings. The average Bonchev–Trinajstić information content (AvgIpc) is 2.76. The first kappa shape index (κ1) is 21.6. The van der Waals surface area contributed by atoms with Crippen LogP contribution in [-0.4, -0.2) is 29.3 Å². The molecule has 1 N–H and O–H groups in total. The first-order valence-electron chi connectivity index (χ1n) is 10.6. The maximum atomic E-state index is 13.3. The van der Waals surface area contributed by atoms with Crippen molar-refractivity contribution in [2.24, 2.45) is 0 Å². The number of nitrogens with zero attached hydrogens (tertiary/aromatic N) is 1. The van der Waals surface area contributed by atoms with Gasteiger partial charge in [-0.15, -0.1) is 0 Å².